The highest BCUT2D eigenvalue weighted by molar-refractivity contribution is 7.22. The molecule has 0 unspecified atom stereocenters. The molecule has 1 heterocycles. The number of anilines is 2. The number of aromatic nitrogens is 1. The predicted octanol–water partition coefficient (Wildman–Crippen LogP) is 5.49. The smallest absolute Gasteiger partial charge is 0.264 e. The van der Waals surface area contributed by atoms with Gasteiger partial charge >= 0.3 is 0 Å². The van der Waals surface area contributed by atoms with Crippen molar-refractivity contribution in [2.75, 3.05) is 19.1 Å². The van der Waals surface area contributed by atoms with Gasteiger partial charge in [-0.3, -0.25) is 14.5 Å². The van der Waals surface area contributed by atoms with Crippen LogP contribution >= 0.6 is 11.3 Å². The van der Waals surface area contributed by atoms with Crippen molar-refractivity contribution in [3.63, 3.8) is 0 Å². The molecule has 0 aliphatic rings. The number of thiazole rings is 1. The van der Waals surface area contributed by atoms with Crippen LogP contribution in [-0.2, 0) is 0 Å². The molecule has 0 atom stereocenters. The van der Waals surface area contributed by atoms with E-state index in [1.165, 1.54) is 25.4 Å². The molecule has 0 spiro atoms. The first kappa shape index (κ1) is 20.6. The zero-order valence-corrected chi connectivity index (χ0v) is 18.1. The molecule has 0 N–H and O–H groups in total. The minimum absolute atomic E-state index is 0.0377. The number of hydrogen-bond donors (Lipinski definition) is 0. The van der Waals surface area contributed by atoms with Crippen molar-refractivity contribution in [2.45, 2.75) is 6.92 Å². The standard InChI is InChI=1S/C24H20N2O4S/c1-15(27)16-8-11-18(12-9-16)26(24-25-19-6-4-5-7-22(19)31-24)23(28)17-10-13-20(29-2)21(14-17)30-3/h4-14H,1-3H3. The molecule has 0 saturated carbocycles. The molecule has 156 valence electrons. The van der Waals surface area contributed by atoms with Crippen LogP contribution in [0.25, 0.3) is 10.2 Å². The van der Waals surface area contributed by atoms with Gasteiger partial charge in [-0.05, 0) is 61.5 Å². The Morgan fingerprint density at radius 1 is 0.871 bits per heavy atom. The summed E-state index contributed by atoms with van der Waals surface area (Å²) in [6.45, 7) is 1.51. The maximum atomic E-state index is 13.6. The molecule has 0 radical (unpaired) electrons. The molecule has 1 aromatic heterocycles. The number of ether oxygens (including phenoxy) is 2. The largest absolute Gasteiger partial charge is 0.493 e. The van der Waals surface area contributed by atoms with Crippen molar-refractivity contribution in [1.82, 2.24) is 4.98 Å². The van der Waals surface area contributed by atoms with E-state index in [1.807, 2.05) is 24.3 Å². The zero-order valence-electron chi connectivity index (χ0n) is 17.3. The molecular weight excluding hydrogens is 412 g/mol. The molecule has 6 nitrogen and oxygen atoms in total. The van der Waals surface area contributed by atoms with Crippen LogP contribution in [0.3, 0.4) is 0 Å². The van der Waals surface area contributed by atoms with Crippen LogP contribution in [0.15, 0.2) is 66.7 Å². The Hall–Kier alpha value is -3.71. The van der Waals surface area contributed by atoms with Gasteiger partial charge in [-0.2, -0.15) is 0 Å². The van der Waals surface area contributed by atoms with Crippen LogP contribution in [0.2, 0.25) is 0 Å². The topological polar surface area (TPSA) is 68.7 Å². The molecular formula is C24H20N2O4S. The number of rotatable bonds is 6. The van der Waals surface area contributed by atoms with Crippen LogP contribution < -0.4 is 14.4 Å². The Bertz CT molecular complexity index is 1230. The second-order valence-corrected chi connectivity index (χ2v) is 7.79. The lowest BCUT2D eigenvalue weighted by atomic mass is 10.1. The number of carbonyl (C=O) groups excluding carboxylic acids is 2. The summed E-state index contributed by atoms with van der Waals surface area (Å²) in [4.78, 5) is 31.5. The average Bonchev–Trinajstić information content (AvgIpc) is 3.22. The Kier molecular flexibility index (Phi) is 5.68. The third kappa shape index (κ3) is 4.00. The molecule has 1 amide bonds. The van der Waals surface area contributed by atoms with Gasteiger partial charge in [0.2, 0.25) is 0 Å². The van der Waals surface area contributed by atoms with Crippen LogP contribution in [0.5, 0.6) is 11.5 Å². The Morgan fingerprint density at radius 3 is 2.19 bits per heavy atom. The van der Waals surface area contributed by atoms with Gasteiger partial charge in [-0.25, -0.2) is 4.98 Å². The number of nitrogens with zero attached hydrogens (tertiary/aromatic N) is 2. The van der Waals surface area contributed by atoms with Gasteiger partial charge in [-0.1, -0.05) is 23.5 Å². The van der Waals surface area contributed by atoms with E-state index >= 15 is 0 Å². The Morgan fingerprint density at radius 2 is 1.55 bits per heavy atom. The highest BCUT2D eigenvalue weighted by atomic mass is 32.1. The number of Topliss-reactive ketones (excluding diaryl/α,β-unsaturated/α-hetero) is 1. The number of para-hydroxylation sites is 1. The first-order valence-corrected chi connectivity index (χ1v) is 10.4. The summed E-state index contributed by atoms with van der Waals surface area (Å²) in [6.07, 6.45) is 0. The van der Waals surface area contributed by atoms with Crippen molar-refractivity contribution in [3.8, 4) is 11.5 Å². The van der Waals surface area contributed by atoms with Gasteiger partial charge in [0.15, 0.2) is 22.4 Å². The minimum Gasteiger partial charge on any atom is -0.493 e. The van der Waals surface area contributed by atoms with Crippen LogP contribution in [-0.4, -0.2) is 30.9 Å². The normalized spacial score (nSPS) is 10.7. The Labute approximate surface area is 183 Å². The van der Waals surface area contributed by atoms with E-state index in [-0.39, 0.29) is 11.7 Å². The summed E-state index contributed by atoms with van der Waals surface area (Å²) in [5.41, 5.74) is 2.43. The van der Waals surface area contributed by atoms with Crippen molar-refractivity contribution in [1.29, 1.82) is 0 Å². The fourth-order valence-corrected chi connectivity index (χ4v) is 4.20. The van der Waals surface area contributed by atoms with E-state index in [9.17, 15) is 9.59 Å². The first-order valence-electron chi connectivity index (χ1n) is 9.55. The van der Waals surface area contributed by atoms with E-state index in [0.717, 1.165) is 10.2 Å². The molecule has 7 heteroatoms. The number of benzene rings is 3. The molecule has 31 heavy (non-hydrogen) atoms. The molecule has 0 aliphatic carbocycles. The summed E-state index contributed by atoms with van der Waals surface area (Å²) >= 11 is 1.42. The summed E-state index contributed by atoms with van der Waals surface area (Å²) in [5, 5.41) is 0.538. The summed E-state index contributed by atoms with van der Waals surface area (Å²) in [6, 6.07) is 19.7. The highest BCUT2D eigenvalue weighted by Gasteiger charge is 2.24. The highest BCUT2D eigenvalue weighted by Crippen LogP contribution is 2.36. The number of ketones is 1. The van der Waals surface area contributed by atoms with Gasteiger partial charge in [0, 0.05) is 11.1 Å². The number of methoxy groups -OCH3 is 2. The number of hydrogen-bond acceptors (Lipinski definition) is 6. The second kappa shape index (κ2) is 8.57. The molecule has 0 aliphatic heterocycles. The van der Waals surface area contributed by atoms with Crippen LogP contribution in [0.1, 0.15) is 27.6 Å². The van der Waals surface area contributed by atoms with Crippen molar-refractivity contribution in [2.24, 2.45) is 0 Å². The van der Waals surface area contributed by atoms with Crippen molar-refractivity contribution < 1.29 is 19.1 Å². The average molecular weight is 433 g/mol. The maximum absolute atomic E-state index is 13.6. The first-order chi connectivity index (χ1) is 15.0. The van der Waals surface area contributed by atoms with Crippen molar-refractivity contribution in [3.05, 3.63) is 77.9 Å². The fourth-order valence-electron chi connectivity index (χ4n) is 3.21. The Balaban J connectivity index is 1.83. The monoisotopic (exact) mass is 432 g/mol. The maximum Gasteiger partial charge on any atom is 0.264 e. The van der Waals surface area contributed by atoms with Gasteiger partial charge in [0.25, 0.3) is 5.91 Å². The molecule has 4 rings (SSSR count). The molecule has 0 saturated heterocycles. The molecule has 4 aromatic rings. The van der Waals surface area contributed by atoms with Gasteiger partial charge in [-0.15, -0.1) is 0 Å². The van der Waals surface area contributed by atoms with Gasteiger partial charge in [0.05, 0.1) is 30.1 Å². The van der Waals surface area contributed by atoms with Crippen molar-refractivity contribution >= 4 is 44.1 Å². The van der Waals surface area contributed by atoms with E-state index in [0.29, 0.717) is 33.4 Å². The molecule has 0 fully saturated rings. The summed E-state index contributed by atoms with van der Waals surface area (Å²) in [7, 11) is 3.07. The predicted molar refractivity (Wildman–Crippen MR) is 122 cm³/mol. The third-order valence-corrected chi connectivity index (χ3v) is 5.86. The lowest BCUT2D eigenvalue weighted by Gasteiger charge is -2.21. The van der Waals surface area contributed by atoms with E-state index in [1.54, 1.807) is 54.5 Å². The van der Waals surface area contributed by atoms with Gasteiger partial charge < -0.3 is 9.47 Å². The lowest BCUT2D eigenvalue weighted by molar-refractivity contribution is 0.0996. The summed E-state index contributed by atoms with van der Waals surface area (Å²) in [5.74, 6) is 0.695. The minimum atomic E-state index is -0.268. The number of amides is 1. The second-order valence-electron chi connectivity index (χ2n) is 6.78. The third-order valence-electron chi connectivity index (χ3n) is 4.84. The molecule has 3 aromatic carbocycles. The lowest BCUT2D eigenvalue weighted by Crippen LogP contribution is -2.26. The quantitative estimate of drug-likeness (QED) is 0.377. The number of carbonyl (C=O) groups is 2. The summed E-state index contributed by atoms with van der Waals surface area (Å²) < 4.78 is 11.6. The van der Waals surface area contributed by atoms with E-state index in [2.05, 4.69) is 4.98 Å². The van der Waals surface area contributed by atoms with Crippen LogP contribution in [0, 0.1) is 0 Å². The number of fused-ring (bicyclic) bond motifs is 1. The van der Waals surface area contributed by atoms with E-state index in [4.69, 9.17) is 9.47 Å². The fraction of sp³-hybridized carbons (Fsp3) is 0.125. The van der Waals surface area contributed by atoms with E-state index < -0.39 is 0 Å². The zero-order chi connectivity index (χ0) is 22.0. The van der Waals surface area contributed by atoms with Gasteiger partial charge in [0.1, 0.15) is 0 Å². The van der Waals surface area contributed by atoms with Crippen LogP contribution in [0.4, 0.5) is 10.8 Å². The SMILES string of the molecule is COc1ccc(C(=O)N(c2ccc(C(C)=O)cc2)c2nc3ccccc3s2)cc1OC. The molecule has 0 bridgehead atoms.